The van der Waals surface area contributed by atoms with Crippen molar-refractivity contribution in [3.63, 3.8) is 0 Å². The molecule has 0 aliphatic carbocycles. The van der Waals surface area contributed by atoms with Crippen molar-refractivity contribution in [3.05, 3.63) is 54.7 Å². The molecule has 2 aromatic carbocycles. The largest absolute Gasteiger partial charge is 0.857 e. The van der Waals surface area contributed by atoms with Crippen LogP contribution in [0.5, 0.6) is 17.4 Å². The van der Waals surface area contributed by atoms with Gasteiger partial charge in [0.1, 0.15) is 11.5 Å². The highest BCUT2D eigenvalue weighted by molar-refractivity contribution is 5.85. The van der Waals surface area contributed by atoms with Gasteiger partial charge in [-0.25, -0.2) is 0 Å². The molecule has 0 N–H and O–H groups in total. The van der Waals surface area contributed by atoms with Crippen LogP contribution >= 0.6 is 0 Å². The van der Waals surface area contributed by atoms with Crippen molar-refractivity contribution < 1.29 is 40.9 Å². The Morgan fingerprint density at radius 1 is 0.690 bits per heavy atom. The molecule has 5 nitrogen and oxygen atoms in total. The molecular weight excluding hydrogens is 406 g/mol. The monoisotopic (exact) mass is 415 g/mol. The molecule has 0 spiro atoms. The molecule has 0 bridgehead atoms. The molecule has 152 valence electrons. The fourth-order valence-electron chi connectivity index (χ4n) is 2.53. The first-order valence-electron chi connectivity index (χ1n) is 7.77. The summed E-state index contributed by atoms with van der Waals surface area (Å²) in [6, 6.07) is 9.16. The highest BCUT2D eigenvalue weighted by Gasteiger charge is 2.31. The fraction of sp³-hybridized carbons (Fsp3) is 0.111. The van der Waals surface area contributed by atoms with Crippen LogP contribution in [0.25, 0.3) is 22.3 Å². The normalized spacial score (nSPS) is 11.9. The van der Waals surface area contributed by atoms with E-state index in [9.17, 15) is 31.4 Å². The van der Waals surface area contributed by atoms with Gasteiger partial charge in [0.05, 0.1) is 6.20 Å². The zero-order valence-electron chi connectivity index (χ0n) is 14.1. The minimum absolute atomic E-state index is 0.0167. The lowest BCUT2D eigenvalue weighted by Gasteiger charge is -2.17. The Hall–Kier alpha value is -3.50. The highest BCUT2D eigenvalue weighted by Crippen LogP contribution is 2.37. The van der Waals surface area contributed by atoms with Crippen LogP contribution in [0, 0.1) is 0 Å². The number of alkyl halides is 6. The van der Waals surface area contributed by atoms with Gasteiger partial charge in [0.25, 0.3) is 0 Å². The maximum Gasteiger partial charge on any atom is 0.573 e. The van der Waals surface area contributed by atoms with Crippen LogP contribution in [0.4, 0.5) is 26.3 Å². The van der Waals surface area contributed by atoms with Crippen LogP contribution < -0.4 is 14.6 Å². The lowest BCUT2D eigenvalue weighted by Crippen LogP contribution is -2.17. The van der Waals surface area contributed by atoms with E-state index in [2.05, 4.69) is 19.7 Å². The Labute approximate surface area is 159 Å². The third-order valence-electron chi connectivity index (χ3n) is 3.59. The van der Waals surface area contributed by atoms with E-state index in [4.69, 9.17) is 0 Å². The number of halogens is 6. The molecule has 0 amide bonds. The number of hydrogen-bond acceptors (Lipinski definition) is 5. The number of nitrogens with zero attached hydrogens (tertiary/aromatic N) is 2. The molecule has 11 heteroatoms. The van der Waals surface area contributed by atoms with Crippen LogP contribution in [0.1, 0.15) is 0 Å². The van der Waals surface area contributed by atoms with Gasteiger partial charge < -0.3 is 14.6 Å². The standard InChI is InChI=1S/C18H10F6N2O3/c19-17(20,21)28-12-5-1-10(2-6-12)14-9-25-26-16(27)15(14)11-3-7-13(8-4-11)29-18(22,23)24/h1-9H,(H,26,27)/p-1. The summed E-state index contributed by atoms with van der Waals surface area (Å²) in [5.41, 5.74) is 0.804. The second-order valence-electron chi connectivity index (χ2n) is 5.58. The summed E-state index contributed by atoms with van der Waals surface area (Å²) in [5, 5.41) is 19.2. The number of hydrogen-bond donors (Lipinski definition) is 0. The number of rotatable bonds is 4. The number of benzene rings is 2. The molecule has 3 aromatic rings. The molecule has 0 aliphatic heterocycles. The average molecular weight is 415 g/mol. The first-order valence-corrected chi connectivity index (χ1v) is 7.77. The second-order valence-corrected chi connectivity index (χ2v) is 5.58. The van der Waals surface area contributed by atoms with Gasteiger partial charge in [-0.2, -0.15) is 10.2 Å². The van der Waals surface area contributed by atoms with Gasteiger partial charge in [-0.3, -0.25) is 0 Å². The minimum atomic E-state index is -4.87. The summed E-state index contributed by atoms with van der Waals surface area (Å²) in [5.74, 6) is -1.70. The topological polar surface area (TPSA) is 67.3 Å². The van der Waals surface area contributed by atoms with Gasteiger partial charge in [-0.05, 0) is 35.4 Å². The summed E-state index contributed by atoms with van der Waals surface area (Å²) in [6.45, 7) is 0. The fourth-order valence-corrected chi connectivity index (χ4v) is 2.53. The van der Waals surface area contributed by atoms with Crippen LogP contribution in [-0.2, 0) is 0 Å². The van der Waals surface area contributed by atoms with E-state index in [1.165, 1.54) is 30.5 Å². The molecule has 3 rings (SSSR count). The van der Waals surface area contributed by atoms with Crippen molar-refractivity contribution in [1.82, 2.24) is 10.2 Å². The molecular formula is C18H9F6N2O3-. The van der Waals surface area contributed by atoms with Gasteiger partial charge in [-0.15, -0.1) is 26.3 Å². The maximum atomic E-state index is 12.3. The third-order valence-corrected chi connectivity index (χ3v) is 3.59. The van der Waals surface area contributed by atoms with E-state index in [-0.39, 0.29) is 16.7 Å². The summed E-state index contributed by atoms with van der Waals surface area (Å²) in [7, 11) is 0. The Bertz CT molecular complexity index is 986. The van der Waals surface area contributed by atoms with Crippen LogP contribution in [0.2, 0.25) is 0 Å². The summed E-state index contributed by atoms with van der Waals surface area (Å²) in [6.07, 6.45) is -8.50. The van der Waals surface area contributed by atoms with E-state index >= 15 is 0 Å². The maximum absolute atomic E-state index is 12.3. The second kappa shape index (κ2) is 7.49. The van der Waals surface area contributed by atoms with Gasteiger partial charge in [-0.1, -0.05) is 24.3 Å². The Balaban J connectivity index is 1.96. The first kappa shape index (κ1) is 20.2. The zero-order valence-corrected chi connectivity index (χ0v) is 14.1. The van der Waals surface area contributed by atoms with Gasteiger partial charge in [0.2, 0.25) is 0 Å². The lowest BCUT2D eigenvalue weighted by molar-refractivity contribution is -0.275. The van der Waals surface area contributed by atoms with Gasteiger partial charge in [0, 0.05) is 17.0 Å². The van der Waals surface area contributed by atoms with Crippen molar-refractivity contribution in [2.24, 2.45) is 0 Å². The molecule has 1 aromatic heterocycles. The molecule has 0 fully saturated rings. The van der Waals surface area contributed by atoms with Gasteiger partial charge >= 0.3 is 12.7 Å². The number of aromatic nitrogens is 2. The van der Waals surface area contributed by atoms with E-state index in [1.807, 2.05) is 0 Å². The lowest BCUT2D eigenvalue weighted by atomic mass is 9.97. The Morgan fingerprint density at radius 3 is 1.59 bits per heavy atom. The van der Waals surface area contributed by atoms with Crippen molar-refractivity contribution in [3.8, 4) is 39.6 Å². The molecule has 1 heterocycles. The van der Waals surface area contributed by atoms with Crippen LogP contribution in [0.3, 0.4) is 0 Å². The van der Waals surface area contributed by atoms with Crippen molar-refractivity contribution in [1.29, 1.82) is 0 Å². The summed E-state index contributed by atoms with van der Waals surface area (Å²) >= 11 is 0. The predicted molar refractivity (Wildman–Crippen MR) is 85.7 cm³/mol. The third kappa shape index (κ3) is 5.27. The molecule has 0 saturated heterocycles. The van der Waals surface area contributed by atoms with Gasteiger partial charge in [0.15, 0.2) is 0 Å². The van der Waals surface area contributed by atoms with E-state index in [0.29, 0.717) is 5.56 Å². The van der Waals surface area contributed by atoms with E-state index in [1.54, 1.807) is 0 Å². The predicted octanol–water partition coefficient (Wildman–Crippen LogP) is 4.68. The quantitative estimate of drug-likeness (QED) is 0.579. The molecule has 0 radical (unpaired) electrons. The Morgan fingerprint density at radius 2 is 1.14 bits per heavy atom. The molecule has 0 unspecified atom stereocenters. The smallest absolute Gasteiger partial charge is 0.573 e. The summed E-state index contributed by atoms with van der Waals surface area (Å²) in [4.78, 5) is 0. The van der Waals surface area contributed by atoms with Crippen molar-refractivity contribution >= 4 is 0 Å². The van der Waals surface area contributed by atoms with E-state index < -0.39 is 30.1 Å². The number of ether oxygens (including phenoxy) is 2. The minimum Gasteiger partial charge on any atom is -0.857 e. The highest BCUT2D eigenvalue weighted by atomic mass is 19.4. The molecule has 0 atom stereocenters. The van der Waals surface area contributed by atoms with Crippen molar-refractivity contribution in [2.75, 3.05) is 0 Å². The zero-order chi connectivity index (χ0) is 21.2. The molecule has 0 saturated carbocycles. The van der Waals surface area contributed by atoms with Crippen LogP contribution in [0.15, 0.2) is 54.7 Å². The Kier molecular flexibility index (Phi) is 5.23. The summed E-state index contributed by atoms with van der Waals surface area (Å²) < 4.78 is 81.2. The average Bonchev–Trinajstić information content (AvgIpc) is 2.60. The SMILES string of the molecule is [O-]c1nncc(-c2ccc(OC(F)(F)F)cc2)c1-c1ccc(OC(F)(F)F)cc1. The molecule has 0 aliphatic rings. The first-order chi connectivity index (χ1) is 13.5. The van der Waals surface area contributed by atoms with Crippen molar-refractivity contribution in [2.45, 2.75) is 12.7 Å². The molecule has 29 heavy (non-hydrogen) atoms. The van der Waals surface area contributed by atoms with E-state index in [0.717, 1.165) is 24.3 Å². The van der Waals surface area contributed by atoms with Crippen LogP contribution in [-0.4, -0.2) is 22.9 Å².